The quantitative estimate of drug-likeness (QED) is 0.886. The molecule has 1 N–H and O–H groups in total. The van der Waals surface area contributed by atoms with Crippen molar-refractivity contribution in [2.45, 2.75) is 37.4 Å². The molecule has 0 amide bonds. The number of hydrogen-bond donors (Lipinski definition) is 1. The van der Waals surface area contributed by atoms with E-state index in [9.17, 15) is 5.11 Å². The number of rotatable bonds is 3. The summed E-state index contributed by atoms with van der Waals surface area (Å²) in [4.78, 5) is 0. The Balaban J connectivity index is 1.80. The van der Waals surface area contributed by atoms with Gasteiger partial charge in [-0.25, -0.2) is 0 Å². The highest BCUT2D eigenvalue weighted by atomic mass is 16.8. The Labute approximate surface area is 106 Å². The molecule has 2 saturated heterocycles. The van der Waals surface area contributed by atoms with Crippen LogP contribution in [0.25, 0.3) is 0 Å². The highest BCUT2D eigenvalue weighted by Crippen LogP contribution is 2.43. The first-order valence-corrected chi connectivity index (χ1v) is 6.40. The summed E-state index contributed by atoms with van der Waals surface area (Å²) in [5.74, 6) is 0. The molecule has 0 unspecified atom stereocenters. The van der Waals surface area contributed by atoms with E-state index in [1.165, 1.54) is 0 Å². The van der Waals surface area contributed by atoms with Crippen LogP contribution in [0.15, 0.2) is 30.3 Å². The molecular formula is C14H18O4. The zero-order valence-electron chi connectivity index (χ0n) is 10.4. The molecule has 4 atom stereocenters. The van der Waals surface area contributed by atoms with Crippen LogP contribution in [0.5, 0.6) is 0 Å². The maximum absolute atomic E-state index is 9.56. The maximum atomic E-state index is 9.56. The van der Waals surface area contributed by atoms with Gasteiger partial charge < -0.3 is 19.3 Å². The van der Waals surface area contributed by atoms with Crippen LogP contribution in [0.2, 0.25) is 0 Å². The van der Waals surface area contributed by atoms with Crippen LogP contribution < -0.4 is 0 Å². The molecule has 0 radical (unpaired) electrons. The summed E-state index contributed by atoms with van der Waals surface area (Å²) in [5, 5.41) is 9.56. The van der Waals surface area contributed by atoms with E-state index in [-0.39, 0.29) is 25.1 Å². The summed E-state index contributed by atoms with van der Waals surface area (Å²) >= 11 is 0. The molecule has 0 aliphatic carbocycles. The van der Waals surface area contributed by atoms with Crippen molar-refractivity contribution in [2.24, 2.45) is 0 Å². The minimum absolute atomic E-state index is 0.0322. The lowest BCUT2D eigenvalue weighted by atomic mass is 9.94. The van der Waals surface area contributed by atoms with Crippen LogP contribution in [0.3, 0.4) is 0 Å². The van der Waals surface area contributed by atoms with Crippen molar-refractivity contribution >= 4 is 0 Å². The standard InChI is InChI=1S/C14H18O4/c1-2-14(9-15)12-11(8-16-14)17-13(18-12)10-6-4-3-5-7-10/h3-7,11-13,15H,2,8-9H2,1H3/t11-,12-,13+,14+/m0/s1. The normalized spacial score (nSPS) is 38.9. The first-order valence-electron chi connectivity index (χ1n) is 6.40. The zero-order valence-corrected chi connectivity index (χ0v) is 10.4. The molecule has 0 bridgehead atoms. The van der Waals surface area contributed by atoms with Gasteiger partial charge in [-0.3, -0.25) is 0 Å². The van der Waals surface area contributed by atoms with Crippen molar-refractivity contribution in [2.75, 3.05) is 13.2 Å². The zero-order chi connectivity index (χ0) is 12.6. The van der Waals surface area contributed by atoms with Crippen molar-refractivity contribution in [3.8, 4) is 0 Å². The van der Waals surface area contributed by atoms with E-state index >= 15 is 0 Å². The van der Waals surface area contributed by atoms with Gasteiger partial charge in [0.05, 0.1) is 13.2 Å². The van der Waals surface area contributed by atoms with Crippen LogP contribution in [0, 0.1) is 0 Å². The van der Waals surface area contributed by atoms with Gasteiger partial charge in [-0.1, -0.05) is 37.3 Å². The molecule has 1 aromatic rings. The van der Waals surface area contributed by atoms with Crippen LogP contribution in [-0.2, 0) is 14.2 Å². The predicted molar refractivity (Wildman–Crippen MR) is 65.0 cm³/mol. The van der Waals surface area contributed by atoms with Gasteiger partial charge in [0.2, 0.25) is 0 Å². The average Bonchev–Trinajstić information content (AvgIpc) is 2.99. The van der Waals surface area contributed by atoms with E-state index in [1.54, 1.807) is 0 Å². The predicted octanol–water partition coefficient (Wildman–Crippen LogP) is 1.64. The summed E-state index contributed by atoms with van der Waals surface area (Å²) in [5.41, 5.74) is 0.406. The van der Waals surface area contributed by atoms with E-state index in [0.29, 0.717) is 6.61 Å². The Morgan fingerprint density at radius 1 is 1.28 bits per heavy atom. The second kappa shape index (κ2) is 4.63. The summed E-state index contributed by atoms with van der Waals surface area (Å²) < 4.78 is 17.5. The van der Waals surface area contributed by atoms with E-state index in [2.05, 4.69) is 0 Å². The van der Waals surface area contributed by atoms with Crippen LogP contribution >= 0.6 is 0 Å². The lowest BCUT2D eigenvalue weighted by Gasteiger charge is -2.29. The number of aliphatic hydroxyl groups excluding tert-OH is 1. The minimum atomic E-state index is -0.603. The van der Waals surface area contributed by atoms with E-state index < -0.39 is 5.60 Å². The molecule has 18 heavy (non-hydrogen) atoms. The monoisotopic (exact) mass is 250 g/mol. The summed E-state index contributed by atoms with van der Waals surface area (Å²) in [7, 11) is 0. The summed E-state index contributed by atoms with van der Waals surface area (Å²) in [6.07, 6.45) is 0.109. The van der Waals surface area contributed by atoms with Gasteiger partial charge in [-0.05, 0) is 6.42 Å². The van der Waals surface area contributed by atoms with Gasteiger partial charge in [0.1, 0.15) is 17.8 Å². The molecule has 1 aromatic carbocycles. The maximum Gasteiger partial charge on any atom is 0.184 e. The molecule has 4 heteroatoms. The molecular weight excluding hydrogens is 232 g/mol. The Morgan fingerprint density at radius 3 is 2.72 bits per heavy atom. The fourth-order valence-corrected chi connectivity index (χ4v) is 2.72. The third-order valence-corrected chi connectivity index (χ3v) is 3.90. The fraction of sp³-hybridized carbons (Fsp3) is 0.571. The van der Waals surface area contributed by atoms with Gasteiger partial charge >= 0.3 is 0 Å². The van der Waals surface area contributed by atoms with Gasteiger partial charge in [0.15, 0.2) is 6.29 Å². The number of hydrogen-bond acceptors (Lipinski definition) is 4. The van der Waals surface area contributed by atoms with E-state index in [0.717, 1.165) is 12.0 Å². The number of benzene rings is 1. The van der Waals surface area contributed by atoms with Gasteiger partial charge in [-0.15, -0.1) is 0 Å². The van der Waals surface area contributed by atoms with Crippen molar-refractivity contribution in [1.82, 2.24) is 0 Å². The van der Waals surface area contributed by atoms with Crippen molar-refractivity contribution in [1.29, 1.82) is 0 Å². The number of ether oxygens (including phenoxy) is 3. The molecule has 0 spiro atoms. The molecule has 0 saturated carbocycles. The van der Waals surface area contributed by atoms with Gasteiger partial charge in [0, 0.05) is 5.56 Å². The first kappa shape index (κ1) is 12.1. The average molecular weight is 250 g/mol. The van der Waals surface area contributed by atoms with Crippen molar-refractivity contribution < 1.29 is 19.3 Å². The second-order valence-electron chi connectivity index (χ2n) is 4.86. The summed E-state index contributed by atoms with van der Waals surface area (Å²) in [6.45, 7) is 2.45. The van der Waals surface area contributed by atoms with Crippen LogP contribution in [-0.4, -0.2) is 36.1 Å². The lowest BCUT2D eigenvalue weighted by molar-refractivity contribution is -0.159. The molecule has 2 heterocycles. The SMILES string of the molecule is CC[C@]1(CO)OC[C@@H]2O[C@@H](c3ccccc3)O[C@@H]21. The Hall–Kier alpha value is -0.940. The van der Waals surface area contributed by atoms with Crippen molar-refractivity contribution in [3.63, 3.8) is 0 Å². The minimum Gasteiger partial charge on any atom is -0.393 e. The van der Waals surface area contributed by atoms with Gasteiger partial charge in [-0.2, -0.15) is 0 Å². The fourth-order valence-electron chi connectivity index (χ4n) is 2.72. The molecule has 2 aliphatic heterocycles. The number of fused-ring (bicyclic) bond motifs is 1. The van der Waals surface area contributed by atoms with Crippen LogP contribution in [0.1, 0.15) is 25.2 Å². The van der Waals surface area contributed by atoms with E-state index in [4.69, 9.17) is 14.2 Å². The largest absolute Gasteiger partial charge is 0.393 e. The Morgan fingerprint density at radius 2 is 2.06 bits per heavy atom. The van der Waals surface area contributed by atoms with E-state index in [1.807, 2.05) is 37.3 Å². The van der Waals surface area contributed by atoms with Gasteiger partial charge in [0.25, 0.3) is 0 Å². The highest BCUT2D eigenvalue weighted by Gasteiger charge is 2.55. The lowest BCUT2D eigenvalue weighted by Crippen LogP contribution is -2.45. The second-order valence-corrected chi connectivity index (χ2v) is 4.86. The molecule has 3 rings (SSSR count). The molecule has 2 fully saturated rings. The smallest absolute Gasteiger partial charge is 0.184 e. The highest BCUT2D eigenvalue weighted by molar-refractivity contribution is 5.17. The molecule has 4 nitrogen and oxygen atoms in total. The molecule has 2 aliphatic rings. The third-order valence-electron chi connectivity index (χ3n) is 3.90. The molecule has 98 valence electrons. The Bertz CT molecular complexity index is 402. The number of aliphatic hydroxyl groups is 1. The third kappa shape index (κ3) is 1.77. The first-order chi connectivity index (χ1) is 8.79. The topological polar surface area (TPSA) is 47.9 Å². The Kier molecular flexibility index (Phi) is 3.11. The van der Waals surface area contributed by atoms with Crippen molar-refractivity contribution in [3.05, 3.63) is 35.9 Å². The van der Waals surface area contributed by atoms with Crippen LogP contribution in [0.4, 0.5) is 0 Å². The molecule has 0 aromatic heterocycles. The summed E-state index contributed by atoms with van der Waals surface area (Å²) in [6, 6.07) is 9.86.